The maximum Gasteiger partial charge on any atom is 0.447 e. The normalized spacial score (nSPS) is 17.0. The number of hydrogen-bond donors (Lipinski definition) is 0. The molecule has 1 atom stereocenters. The first-order valence-electron chi connectivity index (χ1n) is 13.1. The lowest BCUT2D eigenvalue weighted by Gasteiger charge is -2.34. The van der Waals surface area contributed by atoms with Crippen LogP contribution in [0.1, 0.15) is 36.7 Å². The first-order valence-corrected chi connectivity index (χ1v) is 13.1. The molecule has 3 aromatic carbocycles. The Balaban J connectivity index is 1.65. The van der Waals surface area contributed by atoms with Gasteiger partial charge in [-0.2, -0.15) is 30.9 Å². The topological polar surface area (TPSA) is 80.7 Å². The van der Waals surface area contributed by atoms with E-state index in [0.29, 0.717) is 21.4 Å². The summed E-state index contributed by atoms with van der Waals surface area (Å²) in [6.45, 7) is 2.75. The molecule has 0 bridgehead atoms. The van der Waals surface area contributed by atoms with Gasteiger partial charge < -0.3 is 9.42 Å². The van der Waals surface area contributed by atoms with Crippen LogP contribution in [0.2, 0.25) is 0 Å². The lowest BCUT2D eigenvalue weighted by molar-refractivity contribution is -0.138. The van der Waals surface area contributed by atoms with Gasteiger partial charge in [-0.3, -0.25) is 4.90 Å². The van der Waals surface area contributed by atoms with Crippen LogP contribution in [0.4, 0.5) is 41.2 Å². The van der Waals surface area contributed by atoms with Crippen molar-refractivity contribution in [2.75, 3.05) is 11.4 Å². The number of benzene rings is 3. The SMILES string of the molecule is CC1(C)C(n2oc(=O)n(-c3cccc(C(F)(F)F)c3)c2=O)N(c2cccc(C(F)(F)F)c2)C(=O)N1CCc1ccccc1F. The Bertz CT molecular complexity index is 1840. The van der Waals surface area contributed by atoms with Crippen LogP contribution in [0, 0.1) is 5.82 Å². The summed E-state index contributed by atoms with van der Waals surface area (Å²) in [6, 6.07) is 11.9. The van der Waals surface area contributed by atoms with Gasteiger partial charge in [0.2, 0.25) is 0 Å². The van der Waals surface area contributed by atoms with Crippen molar-refractivity contribution in [2.45, 2.75) is 44.3 Å². The zero-order valence-corrected chi connectivity index (χ0v) is 23.0. The summed E-state index contributed by atoms with van der Waals surface area (Å²) in [7, 11) is 0. The van der Waals surface area contributed by atoms with E-state index in [4.69, 9.17) is 4.52 Å². The summed E-state index contributed by atoms with van der Waals surface area (Å²) in [5, 5.41) is 0. The molecule has 8 nitrogen and oxygen atoms in total. The average molecular weight is 625 g/mol. The largest absolute Gasteiger partial charge is 0.447 e. The Kier molecular flexibility index (Phi) is 7.46. The van der Waals surface area contributed by atoms with Crippen LogP contribution in [0.5, 0.6) is 0 Å². The van der Waals surface area contributed by atoms with Crippen molar-refractivity contribution < 1.29 is 40.1 Å². The van der Waals surface area contributed by atoms with Crippen LogP contribution >= 0.6 is 0 Å². The minimum Gasteiger partial charge on any atom is -0.315 e. The third-order valence-electron chi connectivity index (χ3n) is 7.42. The average Bonchev–Trinajstić information content (AvgIpc) is 3.34. The van der Waals surface area contributed by atoms with Crippen molar-refractivity contribution in [3.05, 3.63) is 116 Å². The fraction of sp³-hybridized carbons (Fsp3) is 0.276. The van der Waals surface area contributed by atoms with Gasteiger partial charge in [0.15, 0.2) is 6.17 Å². The van der Waals surface area contributed by atoms with Crippen molar-refractivity contribution in [1.29, 1.82) is 0 Å². The number of alkyl halides is 6. The van der Waals surface area contributed by atoms with E-state index in [1.54, 1.807) is 6.07 Å². The number of aromatic nitrogens is 2. The van der Waals surface area contributed by atoms with Gasteiger partial charge in [0.25, 0.3) is 0 Å². The van der Waals surface area contributed by atoms with Gasteiger partial charge in [0.05, 0.1) is 22.4 Å². The Morgan fingerprint density at radius 1 is 0.795 bits per heavy atom. The second kappa shape index (κ2) is 10.7. The number of halogens is 7. The van der Waals surface area contributed by atoms with E-state index >= 15 is 0 Å². The Hall–Kier alpha value is -4.82. The van der Waals surface area contributed by atoms with Gasteiger partial charge in [-0.1, -0.05) is 30.3 Å². The van der Waals surface area contributed by atoms with Gasteiger partial charge in [0.1, 0.15) is 5.82 Å². The summed E-state index contributed by atoms with van der Waals surface area (Å²) in [5.41, 5.74) is -5.61. The van der Waals surface area contributed by atoms with E-state index in [0.717, 1.165) is 35.2 Å². The molecule has 5 rings (SSSR count). The highest BCUT2D eigenvalue weighted by atomic mass is 19.4. The molecular weight excluding hydrogens is 601 g/mol. The highest BCUT2D eigenvalue weighted by Gasteiger charge is 2.55. The fourth-order valence-electron chi connectivity index (χ4n) is 5.26. The van der Waals surface area contributed by atoms with Crippen LogP contribution in [-0.2, 0) is 18.8 Å². The molecule has 0 spiro atoms. The van der Waals surface area contributed by atoms with Crippen molar-refractivity contribution in [3.8, 4) is 5.69 Å². The number of anilines is 1. The Morgan fingerprint density at radius 2 is 1.36 bits per heavy atom. The van der Waals surface area contributed by atoms with Crippen molar-refractivity contribution in [3.63, 3.8) is 0 Å². The molecule has 1 saturated heterocycles. The van der Waals surface area contributed by atoms with E-state index in [9.17, 15) is 45.1 Å². The van der Waals surface area contributed by atoms with Crippen LogP contribution in [0.3, 0.4) is 0 Å². The Labute approximate surface area is 244 Å². The highest BCUT2D eigenvalue weighted by molar-refractivity contribution is 5.95. The second-order valence-electron chi connectivity index (χ2n) is 10.6. The lowest BCUT2D eigenvalue weighted by Crippen LogP contribution is -2.47. The van der Waals surface area contributed by atoms with Gasteiger partial charge in [0, 0.05) is 12.2 Å². The van der Waals surface area contributed by atoms with E-state index in [1.165, 1.54) is 43.0 Å². The van der Waals surface area contributed by atoms with Crippen molar-refractivity contribution in [1.82, 2.24) is 14.2 Å². The van der Waals surface area contributed by atoms with E-state index in [-0.39, 0.29) is 24.2 Å². The molecule has 232 valence electrons. The molecule has 0 radical (unpaired) electrons. The molecule has 0 saturated carbocycles. The molecule has 1 aromatic heterocycles. The Morgan fingerprint density at radius 3 is 1.95 bits per heavy atom. The molecule has 0 N–H and O–H groups in total. The number of urea groups is 1. The predicted molar refractivity (Wildman–Crippen MR) is 143 cm³/mol. The first kappa shape index (κ1) is 30.6. The van der Waals surface area contributed by atoms with Crippen molar-refractivity contribution in [2.24, 2.45) is 0 Å². The summed E-state index contributed by atoms with van der Waals surface area (Å²) in [5.74, 6) is -1.95. The predicted octanol–water partition coefficient (Wildman–Crippen LogP) is 6.23. The standard InChI is InChI=1S/C29H23F7N4O4/c1-27(2)23(40-25(42)39(26(43)44-40)21-11-6-9-19(16-21)29(34,35)36)38(20-10-5-8-18(15-20)28(31,32)33)24(41)37(27)14-13-17-7-3-4-12-22(17)30/h3-12,15-16,23H,13-14H2,1-2H3. The summed E-state index contributed by atoms with van der Waals surface area (Å²) in [4.78, 5) is 42.5. The molecule has 4 aromatic rings. The van der Waals surface area contributed by atoms with Crippen molar-refractivity contribution >= 4 is 11.7 Å². The fourth-order valence-corrected chi connectivity index (χ4v) is 5.26. The molecule has 1 fully saturated rings. The lowest BCUT2D eigenvalue weighted by atomic mass is 9.99. The van der Waals surface area contributed by atoms with Crippen LogP contribution in [-0.4, -0.2) is 32.3 Å². The molecule has 1 unspecified atom stereocenters. The number of amides is 2. The maximum atomic E-state index is 14.4. The summed E-state index contributed by atoms with van der Waals surface area (Å²) < 4.78 is 101. The van der Waals surface area contributed by atoms with Crippen LogP contribution in [0.15, 0.2) is 86.9 Å². The number of carbonyl (C=O) groups excluding carboxylic acids is 1. The van der Waals surface area contributed by atoms with Gasteiger partial charge in [-0.15, -0.1) is 4.74 Å². The molecule has 2 heterocycles. The highest BCUT2D eigenvalue weighted by Crippen LogP contribution is 2.43. The van der Waals surface area contributed by atoms with Gasteiger partial charge in [-0.05, 0) is 68.3 Å². The minimum atomic E-state index is -4.80. The third kappa shape index (κ3) is 5.37. The number of carbonyl (C=O) groups is 1. The van der Waals surface area contributed by atoms with Crippen LogP contribution in [0.25, 0.3) is 5.69 Å². The van der Waals surface area contributed by atoms with Gasteiger partial charge in [-0.25, -0.2) is 18.8 Å². The van der Waals surface area contributed by atoms with Crippen LogP contribution < -0.4 is 16.3 Å². The van der Waals surface area contributed by atoms with E-state index < -0.39 is 64.2 Å². The number of rotatable bonds is 6. The first-order chi connectivity index (χ1) is 20.5. The second-order valence-corrected chi connectivity index (χ2v) is 10.6. The number of hydrogen-bond acceptors (Lipinski definition) is 4. The molecule has 1 aliphatic rings. The zero-order valence-electron chi connectivity index (χ0n) is 23.0. The molecule has 44 heavy (non-hydrogen) atoms. The van der Waals surface area contributed by atoms with E-state index in [2.05, 4.69) is 0 Å². The van der Waals surface area contributed by atoms with Gasteiger partial charge >= 0.3 is 29.8 Å². The van der Waals surface area contributed by atoms with E-state index in [1.807, 2.05) is 0 Å². The summed E-state index contributed by atoms with van der Waals surface area (Å²) in [6.07, 6.45) is -11.2. The molecular formula is C29H23F7N4O4. The quantitative estimate of drug-likeness (QED) is 0.238. The summed E-state index contributed by atoms with van der Waals surface area (Å²) >= 11 is 0. The number of nitrogens with zero attached hydrogens (tertiary/aromatic N) is 4. The zero-order chi connectivity index (χ0) is 32.2. The maximum absolute atomic E-state index is 14.4. The smallest absolute Gasteiger partial charge is 0.315 e. The molecule has 2 amide bonds. The third-order valence-corrected chi connectivity index (χ3v) is 7.42. The minimum absolute atomic E-state index is 0.0188. The molecule has 1 aliphatic heterocycles. The molecule has 0 aliphatic carbocycles. The monoisotopic (exact) mass is 624 g/mol. The molecule has 15 heteroatoms.